The third kappa shape index (κ3) is 5.33. The van der Waals surface area contributed by atoms with Crippen molar-refractivity contribution in [2.75, 3.05) is 18.4 Å². The van der Waals surface area contributed by atoms with Crippen molar-refractivity contribution in [3.8, 4) is 0 Å². The number of benzene rings is 2. The summed E-state index contributed by atoms with van der Waals surface area (Å²) in [5.74, 6) is 0.0542. The van der Waals surface area contributed by atoms with Crippen molar-refractivity contribution in [1.82, 2.24) is 10.2 Å². The van der Waals surface area contributed by atoms with Gasteiger partial charge in [-0.05, 0) is 48.2 Å². The van der Waals surface area contributed by atoms with Crippen LogP contribution in [-0.2, 0) is 13.2 Å². The van der Waals surface area contributed by atoms with Crippen LogP contribution in [0.2, 0.25) is 0 Å². The summed E-state index contributed by atoms with van der Waals surface area (Å²) >= 11 is 0. The fraction of sp³-hybridized carbons (Fsp3) is 0.364. The van der Waals surface area contributed by atoms with Gasteiger partial charge in [-0.15, -0.1) is 0 Å². The largest absolute Gasteiger partial charge is 0.392 e. The molecule has 6 nitrogen and oxygen atoms in total. The van der Waals surface area contributed by atoms with E-state index in [0.29, 0.717) is 17.8 Å². The second-order valence-electron chi connectivity index (χ2n) is 7.02. The number of aliphatic hydroxyl groups excluding tert-OH is 1. The first-order valence-electron chi connectivity index (χ1n) is 9.79. The van der Waals surface area contributed by atoms with E-state index in [9.17, 15) is 14.7 Å². The molecule has 3 N–H and O–H groups in total. The first-order chi connectivity index (χ1) is 13.7. The average molecular weight is 381 g/mol. The second kappa shape index (κ2) is 9.90. The maximum atomic E-state index is 12.6. The van der Waals surface area contributed by atoms with Crippen molar-refractivity contribution < 1.29 is 14.7 Å². The minimum Gasteiger partial charge on any atom is -0.392 e. The summed E-state index contributed by atoms with van der Waals surface area (Å²) in [4.78, 5) is 26.7. The van der Waals surface area contributed by atoms with Gasteiger partial charge in [0.25, 0.3) is 5.91 Å². The molecule has 2 aromatic rings. The van der Waals surface area contributed by atoms with Crippen LogP contribution in [0.15, 0.2) is 48.5 Å². The monoisotopic (exact) mass is 381 g/mol. The van der Waals surface area contributed by atoms with Crippen LogP contribution in [0.1, 0.15) is 47.2 Å². The van der Waals surface area contributed by atoms with Crippen LogP contribution in [0.5, 0.6) is 0 Å². The second-order valence-corrected chi connectivity index (χ2v) is 7.02. The molecule has 0 radical (unpaired) electrons. The van der Waals surface area contributed by atoms with Crippen LogP contribution in [0, 0.1) is 0 Å². The Labute approximate surface area is 165 Å². The van der Waals surface area contributed by atoms with E-state index in [4.69, 9.17) is 0 Å². The van der Waals surface area contributed by atoms with Crippen LogP contribution >= 0.6 is 0 Å². The predicted molar refractivity (Wildman–Crippen MR) is 109 cm³/mol. The van der Waals surface area contributed by atoms with Gasteiger partial charge in [0.1, 0.15) is 0 Å². The van der Waals surface area contributed by atoms with Gasteiger partial charge < -0.3 is 20.6 Å². The fourth-order valence-electron chi connectivity index (χ4n) is 3.39. The zero-order valence-electron chi connectivity index (χ0n) is 16.0. The molecular formula is C22H27N3O3. The van der Waals surface area contributed by atoms with Gasteiger partial charge in [-0.25, -0.2) is 4.79 Å². The van der Waals surface area contributed by atoms with Crippen molar-refractivity contribution in [2.24, 2.45) is 0 Å². The highest BCUT2D eigenvalue weighted by Crippen LogP contribution is 2.16. The van der Waals surface area contributed by atoms with Gasteiger partial charge in [0, 0.05) is 30.9 Å². The van der Waals surface area contributed by atoms with Crippen molar-refractivity contribution in [1.29, 1.82) is 0 Å². The van der Waals surface area contributed by atoms with Gasteiger partial charge in [-0.2, -0.15) is 0 Å². The SMILES string of the molecule is O=C(NCc1ccccc1CO)Nc1ccc(C(=O)N2CCCCCC2)cc1. The lowest BCUT2D eigenvalue weighted by Crippen LogP contribution is -2.31. The van der Waals surface area contributed by atoms with E-state index in [2.05, 4.69) is 10.6 Å². The van der Waals surface area contributed by atoms with E-state index >= 15 is 0 Å². The number of nitrogens with one attached hydrogen (secondary N) is 2. The number of anilines is 1. The molecule has 3 amide bonds. The quantitative estimate of drug-likeness (QED) is 0.741. The highest BCUT2D eigenvalue weighted by molar-refractivity contribution is 5.95. The van der Waals surface area contributed by atoms with Gasteiger partial charge in [-0.1, -0.05) is 37.1 Å². The molecule has 1 aliphatic heterocycles. The lowest BCUT2D eigenvalue weighted by atomic mass is 10.1. The van der Waals surface area contributed by atoms with Gasteiger partial charge in [0.05, 0.1) is 6.61 Å². The molecule has 1 heterocycles. The number of urea groups is 1. The molecule has 0 bridgehead atoms. The van der Waals surface area contributed by atoms with E-state index < -0.39 is 0 Å². The summed E-state index contributed by atoms with van der Waals surface area (Å²) in [6, 6.07) is 14.1. The number of hydrogen-bond donors (Lipinski definition) is 3. The number of carbonyl (C=O) groups excluding carboxylic acids is 2. The zero-order valence-corrected chi connectivity index (χ0v) is 16.0. The number of rotatable bonds is 5. The van der Waals surface area contributed by atoms with Crippen molar-refractivity contribution in [2.45, 2.75) is 38.8 Å². The molecule has 2 aromatic carbocycles. The van der Waals surface area contributed by atoms with Gasteiger partial charge >= 0.3 is 6.03 Å². The van der Waals surface area contributed by atoms with Gasteiger partial charge in [-0.3, -0.25) is 4.79 Å². The number of likely N-dealkylation sites (tertiary alicyclic amines) is 1. The zero-order chi connectivity index (χ0) is 19.8. The summed E-state index contributed by atoms with van der Waals surface area (Å²) in [6.45, 7) is 1.90. The Morgan fingerprint density at radius 1 is 0.893 bits per heavy atom. The molecule has 0 aromatic heterocycles. The minimum absolute atomic E-state index is 0.0542. The molecule has 148 valence electrons. The molecule has 3 rings (SSSR count). The summed E-state index contributed by atoms with van der Waals surface area (Å²) in [7, 11) is 0. The molecule has 6 heteroatoms. The van der Waals surface area contributed by atoms with E-state index in [1.54, 1.807) is 24.3 Å². The third-order valence-electron chi connectivity index (χ3n) is 5.01. The third-order valence-corrected chi connectivity index (χ3v) is 5.01. The lowest BCUT2D eigenvalue weighted by Gasteiger charge is -2.20. The van der Waals surface area contributed by atoms with Crippen LogP contribution in [-0.4, -0.2) is 35.0 Å². The molecule has 28 heavy (non-hydrogen) atoms. The van der Waals surface area contributed by atoms with E-state index in [1.165, 1.54) is 12.8 Å². The number of nitrogens with zero attached hydrogens (tertiary/aromatic N) is 1. The molecule has 0 saturated carbocycles. The normalized spacial score (nSPS) is 14.2. The van der Waals surface area contributed by atoms with Crippen molar-refractivity contribution in [3.05, 3.63) is 65.2 Å². The van der Waals surface area contributed by atoms with Crippen LogP contribution < -0.4 is 10.6 Å². The Morgan fingerprint density at radius 3 is 2.18 bits per heavy atom. The molecule has 1 fully saturated rings. The first kappa shape index (κ1) is 19.9. The standard InChI is InChI=1S/C22H27N3O3/c26-16-19-8-4-3-7-18(19)15-23-22(28)24-20-11-9-17(10-12-20)21(27)25-13-5-1-2-6-14-25/h3-4,7-12,26H,1-2,5-6,13-16H2,(H2,23,24,28). The minimum atomic E-state index is -0.334. The van der Waals surface area contributed by atoms with E-state index in [0.717, 1.165) is 37.1 Å². The van der Waals surface area contributed by atoms with E-state index in [-0.39, 0.29) is 18.5 Å². The summed E-state index contributed by atoms with van der Waals surface area (Å²) in [5.41, 5.74) is 2.93. The average Bonchev–Trinajstić information content (AvgIpc) is 3.02. The number of hydrogen-bond acceptors (Lipinski definition) is 3. The molecule has 0 atom stereocenters. The molecule has 0 aliphatic carbocycles. The van der Waals surface area contributed by atoms with Crippen LogP contribution in [0.4, 0.5) is 10.5 Å². The molecule has 1 aliphatic rings. The number of carbonyl (C=O) groups is 2. The Hall–Kier alpha value is -2.86. The highest BCUT2D eigenvalue weighted by Gasteiger charge is 2.17. The Kier molecular flexibility index (Phi) is 7.03. The predicted octanol–water partition coefficient (Wildman–Crippen LogP) is 3.52. The highest BCUT2D eigenvalue weighted by atomic mass is 16.3. The maximum absolute atomic E-state index is 12.6. The van der Waals surface area contributed by atoms with Crippen molar-refractivity contribution in [3.63, 3.8) is 0 Å². The van der Waals surface area contributed by atoms with Gasteiger partial charge in [0.15, 0.2) is 0 Å². The molecule has 0 unspecified atom stereocenters. The van der Waals surface area contributed by atoms with Crippen molar-refractivity contribution >= 4 is 17.6 Å². The molecule has 0 spiro atoms. The fourth-order valence-corrected chi connectivity index (χ4v) is 3.39. The maximum Gasteiger partial charge on any atom is 0.319 e. The van der Waals surface area contributed by atoms with Gasteiger partial charge in [0.2, 0.25) is 0 Å². The van der Waals surface area contributed by atoms with E-state index in [1.807, 2.05) is 29.2 Å². The Bertz CT molecular complexity index is 797. The summed E-state index contributed by atoms with van der Waals surface area (Å²) in [5, 5.41) is 14.9. The molecular weight excluding hydrogens is 354 g/mol. The summed E-state index contributed by atoms with van der Waals surface area (Å²) < 4.78 is 0. The Balaban J connectivity index is 1.53. The smallest absolute Gasteiger partial charge is 0.319 e. The topological polar surface area (TPSA) is 81.7 Å². The summed E-state index contributed by atoms with van der Waals surface area (Å²) in [6.07, 6.45) is 4.49. The van der Waals surface area contributed by atoms with Crippen LogP contribution in [0.25, 0.3) is 0 Å². The lowest BCUT2D eigenvalue weighted by molar-refractivity contribution is 0.0761. The Morgan fingerprint density at radius 2 is 1.54 bits per heavy atom. The number of amides is 3. The van der Waals surface area contributed by atoms with Crippen LogP contribution in [0.3, 0.4) is 0 Å². The first-order valence-corrected chi connectivity index (χ1v) is 9.79. The molecule has 1 saturated heterocycles. The number of aliphatic hydroxyl groups is 1.